The SMILES string of the molecule is COc1cc(/C=C/C(=O)OCc2ccc(C(C)(C)C)cc2)ccc1OCC(N)=O. The third kappa shape index (κ3) is 6.99. The topological polar surface area (TPSA) is 87.8 Å². The van der Waals surface area contributed by atoms with Crippen LogP contribution in [0.1, 0.15) is 37.5 Å². The molecule has 29 heavy (non-hydrogen) atoms. The molecule has 0 aliphatic heterocycles. The molecule has 0 saturated carbocycles. The Morgan fingerprint density at radius 2 is 1.72 bits per heavy atom. The van der Waals surface area contributed by atoms with Gasteiger partial charge in [-0.05, 0) is 40.3 Å². The molecule has 0 spiro atoms. The van der Waals surface area contributed by atoms with Crippen LogP contribution in [0.4, 0.5) is 0 Å². The van der Waals surface area contributed by atoms with Crippen molar-refractivity contribution in [1.29, 1.82) is 0 Å². The standard InChI is InChI=1S/C23H27NO5/c1-23(2,3)18-9-5-17(6-10-18)14-29-22(26)12-8-16-7-11-19(20(13-16)27-4)28-15-21(24)25/h5-13H,14-15H2,1-4H3,(H2,24,25)/b12-8+. The van der Waals surface area contributed by atoms with Gasteiger partial charge in [0.05, 0.1) is 7.11 Å². The highest BCUT2D eigenvalue weighted by Gasteiger charge is 2.13. The molecular weight excluding hydrogens is 370 g/mol. The van der Waals surface area contributed by atoms with E-state index >= 15 is 0 Å². The van der Waals surface area contributed by atoms with E-state index < -0.39 is 11.9 Å². The van der Waals surface area contributed by atoms with E-state index in [0.717, 1.165) is 11.1 Å². The molecule has 0 aromatic heterocycles. The average molecular weight is 397 g/mol. The van der Waals surface area contributed by atoms with Gasteiger partial charge in [0.25, 0.3) is 5.91 Å². The zero-order chi connectivity index (χ0) is 21.4. The van der Waals surface area contributed by atoms with E-state index in [-0.39, 0.29) is 18.6 Å². The van der Waals surface area contributed by atoms with E-state index in [0.29, 0.717) is 11.5 Å². The Hall–Kier alpha value is -3.28. The minimum absolute atomic E-state index is 0.0828. The van der Waals surface area contributed by atoms with Crippen molar-refractivity contribution in [3.63, 3.8) is 0 Å². The van der Waals surface area contributed by atoms with Crippen molar-refractivity contribution in [2.24, 2.45) is 5.73 Å². The lowest BCUT2D eigenvalue weighted by molar-refractivity contribution is -0.138. The number of carbonyl (C=O) groups excluding carboxylic acids is 2. The van der Waals surface area contributed by atoms with Gasteiger partial charge in [-0.25, -0.2) is 4.79 Å². The molecule has 2 N–H and O–H groups in total. The molecule has 154 valence electrons. The van der Waals surface area contributed by atoms with Crippen LogP contribution in [0.2, 0.25) is 0 Å². The Labute approximate surface area is 171 Å². The zero-order valence-electron chi connectivity index (χ0n) is 17.2. The summed E-state index contributed by atoms with van der Waals surface area (Å²) in [6.07, 6.45) is 2.97. The van der Waals surface area contributed by atoms with E-state index in [9.17, 15) is 9.59 Å². The first kappa shape index (κ1) is 22.0. The molecular formula is C23H27NO5. The van der Waals surface area contributed by atoms with Crippen molar-refractivity contribution in [3.8, 4) is 11.5 Å². The number of hydrogen-bond donors (Lipinski definition) is 1. The van der Waals surface area contributed by atoms with Gasteiger partial charge < -0.3 is 19.9 Å². The monoisotopic (exact) mass is 397 g/mol. The van der Waals surface area contributed by atoms with Crippen LogP contribution < -0.4 is 15.2 Å². The number of hydrogen-bond acceptors (Lipinski definition) is 5. The van der Waals surface area contributed by atoms with Gasteiger partial charge in [0.2, 0.25) is 0 Å². The van der Waals surface area contributed by atoms with Crippen LogP contribution in [0.3, 0.4) is 0 Å². The maximum atomic E-state index is 12.0. The second-order valence-corrected chi connectivity index (χ2v) is 7.55. The molecule has 2 rings (SSSR count). The third-order valence-electron chi connectivity index (χ3n) is 4.17. The van der Waals surface area contributed by atoms with Crippen LogP contribution in [0.15, 0.2) is 48.5 Å². The number of amides is 1. The van der Waals surface area contributed by atoms with Gasteiger partial charge in [0.15, 0.2) is 18.1 Å². The van der Waals surface area contributed by atoms with Gasteiger partial charge in [-0.1, -0.05) is 51.1 Å². The van der Waals surface area contributed by atoms with E-state index in [1.54, 1.807) is 24.3 Å². The summed E-state index contributed by atoms with van der Waals surface area (Å²) in [4.78, 5) is 22.8. The van der Waals surface area contributed by atoms with Gasteiger partial charge in [0.1, 0.15) is 6.61 Å². The van der Waals surface area contributed by atoms with Crippen LogP contribution in [-0.2, 0) is 26.3 Å². The average Bonchev–Trinajstić information content (AvgIpc) is 2.68. The summed E-state index contributed by atoms with van der Waals surface area (Å²) in [6.45, 7) is 6.42. The van der Waals surface area contributed by atoms with Crippen LogP contribution in [0.5, 0.6) is 11.5 Å². The zero-order valence-corrected chi connectivity index (χ0v) is 17.2. The molecule has 0 aliphatic rings. The van der Waals surface area contributed by atoms with Gasteiger partial charge in [0, 0.05) is 6.08 Å². The highest BCUT2D eigenvalue weighted by atomic mass is 16.5. The van der Waals surface area contributed by atoms with Crippen molar-refractivity contribution in [2.75, 3.05) is 13.7 Å². The molecule has 6 nitrogen and oxygen atoms in total. The molecule has 0 aliphatic carbocycles. The number of methoxy groups -OCH3 is 1. The minimum Gasteiger partial charge on any atom is -0.493 e. The van der Waals surface area contributed by atoms with Gasteiger partial charge in [-0.2, -0.15) is 0 Å². The minimum atomic E-state index is -0.577. The largest absolute Gasteiger partial charge is 0.493 e. The van der Waals surface area contributed by atoms with Crippen molar-refractivity contribution < 1.29 is 23.8 Å². The molecule has 0 fully saturated rings. The molecule has 0 radical (unpaired) electrons. The second kappa shape index (κ2) is 9.78. The fourth-order valence-electron chi connectivity index (χ4n) is 2.52. The smallest absolute Gasteiger partial charge is 0.331 e. The number of nitrogens with two attached hydrogens (primary N) is 1. The summed E-state index contributed by atoms with van der Waals surface area (Å²) in [5, 5.41) is 0. The molecule has 0 saturated heterocycles. The van der Waals surface area contributed by atoms with E-state index in [4.69, 9.17) is 19.9 Å². The van der Waals surface area contributed by atoms with Gasteiger partial charge in [-0.15, -0.1) is 0 Å². The Morgan fingerprint density at radius 3 is 2.31 bits per heavy atom. The molecule has 0 bridgehead atoms. The van der Waals surface area contributed by atoms with E-state index in [1.165, 1.54) is 18.7 Å². The van der Waals surface area contributed by atoms with Gasteiger partial charge >= 0.3 is 5.97 Å². The third-order valence-corrected chi connectivity index (χ3v) is 4.17. The molecule has 2 aromatic carbocycles. The first-order valence-corrected chi connectivity index (χ1v) is 9.22. The lowest BCUT2D eigenvalue weighted by Gasteiger charge is -2.19. The molecule has 2 aromatic rings. The summed E-state index contributed by atoms with van der Waals surface area (Å²) < 4.78 is 15.8. The number of primary amides is 1. The number of esters is 1. The van der Waals surface area contributed by atoms with Crippen LogP contribution >= 0.6 is 0 Å². The highest BCUT2D eigenvalue weighted by Crippen LogP contribution is 2.28. The predicted molar refractivity (Wildman–Crippen MR) is 112 cm³/mol. The number of benzene rings is 2. The Morgan fingerprint density at radius 1 is 1.03 bits per heavy atom. The molecule has 1 amide bonds. The Bertz CT molecular complexity index is 879. The maximum Gasteiger partial charge on any atom is 0.331 e. The number of carbonyl (C=O) groups is 2. The number of ether oxygens (including phenoxy) is 3. The first-order valence-electron chi connectivity index (χ1n) is 9.22. The van der Waals surface area contributed by atoms with Crippen LogP contribution in [-0.4, -0.2) is 25.6 Å². The van der Waals surface area contributed by atoms with E-state index in [1.807, 2.05) is 24.3 Å². The van der Waals surface area contributed by atoms with E-state index in [2.05, 4.69) is 20.8 Å². The summed E-state index contributed by atoms with van der Waals surface area (Å²) >= 11 is 0. The van der Waals surface area contributed by atoms with Gasteiger partial charge in [-0.3, -0.25) is 4.79 Å². The first-order chi connectivity index (χ1) is 13.7. The molecule has 0 atom stereocenters. The van der Waals surface area contributed by atoms with Crippen molar-refractivity contribution >= 4 is 18.0 Å². The Kier molecular flexibility index (Phi) is 7.42. The molecule has 6 heteroatoms. The molecule has 0 unspecified atom stereocenters. The normalized spacial score (nSPS) is 11.3. The predicted octanol–water partition coefficient (Wildman–Crippen LogP) is 3.61. The lowest BCUT2D eigenvalue weighted by atomic mass is 9.87. The van der Waals surface area contributed by atoms with Crippen molar-refractivity contribution in [3.05, 3.63) is 65.2 Å². The summed E-state index contributed by atoms with van der Waals surface area (Å²) in [7, 11) is 1.49. The summed E-state index contributed by atoms with van der Waals surface area (Å²) in [5.41, 5.74) is 8.03. The summed E-state index contributed by atoms with van der Waals surface area (Å²) in [6, 6.07) is 13.1. The fraction of sp³-hybridized carbons (Fsp3) is 0.304. The highest BCUT2D eigenvalue weighted by molar-refractivity contribution is 5.87. The van der Waals surface area contributed by atoms with Crippen molar-refractivity contribution in [1.82, 2.24) is 0 Å². The van der Waals surface area contributed by atoms with Crippen LogP contribution in [0.25, 0.3) is 6.08 Å². The second-order valence-electron chi connectivity index (χ2n) is 7.55. The van der Waals surface area contributed by atoms with Crippen LogP contribution in [0, 0.1) is 0 Å². The Balaban J connectivity index is 1.93. The summed E-state index contributed by atoms with van der Waals surface area (Å²) in [5.74, 6) is -0.199. The maximum absolute atomic E-state index is 12.0. The quantitative estimate of drug-likeness (QED) is 0.543. The van der Waals surface area contributed by atoms with Crippen molar-refractivity contribution in [2.45, 2.75) is 32.8 Å². The number of rotatable bonds is 8. The molecule has 0 heterocycles. The fourth-order valence-corrected chi connectivity index (χ4v) is 2.52. The lowest BCUT2D eigenvalue weighted by Crippen LogP contribution is -2.20.